The van der Waals surface area contributed by atoms with Gasteiger partial charge in [0.1, 0.15) is 0 Å². The summed E-state index contributed by atoms with van der Waals surface area (Å²) in [5.41, 5.74) is 0. The van der Waals surface area contributed by atoms with Gasteiger partial charge in [-0.25, -0.2) is 0 Å². The minimum atomic E-state index is -1.95. The smallest absolute Gasteiger partial charge is 0.386 e. The Morgan fingerprint density at radius 2 is 0.906 bits per heavy atom. The van der Waals surface area contributed by atoms with Gasteiger partial charge in [0.15, 0.2) is 0 Å². The van der Waals surface area contributed by atoms with Crippen molar-refractivity contribution in [3.05, 3.63) is 0 Å². The third-order valence-corrected chi connectivity index (χ3v) is 13.1. The Hall–Kier alpha value is 0.194. The summed E-state index contributed by atoms with van der Waals surface area (Å²) in [6, 6.07) is 2.27. The maximum Gasteiger partial charge on any atom is 0.421 e. The van der Waals surface area contributed by atoms with Gasteiger partial charge in [-0.05, 0) is 58.2 Å². The zero-order valence-electron chi connectivity index (χ0n) is 21.9. The van der Waals surface area contributed by atoms with Crippen LogP contribution >= 0.6 is 0 Å². The van der Waals surface area contributed by atoms with Gasteiger partial charge in [-0.3, -0.25) is 4.98 Å². The molecule has 6 nitrogen and oxygen atoms in total. The molecule has 0 bridgehead atoms. The third kappa shape index (κ3) is 10.6. The number of rotatable bonds is 10. The van der Waals surface area contributed by atoms with Crippen LogP contribution in [0.1, 0.15) is 103 Å². The van der Waals surface area contributed by atoms with Gasteiger partial charge < -0.3 is 23.8 Å². The Morgan fingerprint density at radius 1 is 0.594 bits per heavy atom. The second kappa shape index (κ2) is 15.2. The molecule has 0 aliphatic heterocycles. The van der Waals surface area contributed by atoms with E-state index in [4.69, 9.17) is 8.85 Å². The Morgan fingerprint density at radius 3 is 1.12 bits per heavy atom. The van der Waals surface area contributed by atoms with Crippen molar-refractivity contribution in [2.24, 2.45) is 0 Å². The molecule has 3 fully saturated rings. The van der Waals surface area contributed by atoms with Gasteiger partial charge >= 0.3 is 8.72 Å². The minimum absolute atomic E-state index is 0.757. The fourth-order valence-electron chi connectivity index (χ4n) is 5.64. The van der Waals surface area contributed by atoms with Crippen LogP contribution in [0.3, 0.4) is 0 Å². The van der Waals surface area contributed by atoms with Gasteiger partial charge in [0.05, 0.1) is 0 Å². The van der Waals surface area contributed by atoms with Crippen molar-refractivity contribution in [3.8, 4) is 0 Å². The fraction of sp³-hybridized carbons (Fsp3) is 1.00. The molecule has 0 spiro atoms. The van der Waals surface area contributed by atoms with Gasteiger partial charge in [0.2, 0.25) is 0 Å². The van der Waals surface area contributed by atoms with E-state index >= 15 is 0 Å². The molecule has 190 valence electrons. The second-order valence-corrected chi connectivity index (χ2v) is 16.6. The molecule has 0 heterocycles. The van der Waals surface area contributed by atoms with Crippen molar-refractivity contribution in [1.29, 1.82) is 0 Å². The molecule has 3 aliphatic rings. The summed E-state index contributed by atoms with van der Waals surface area (Å²) in [5, 5.41) is 0. The van der Waals surface area contributed by atoms with E-state index < -0.39 is 17.3 Å². The van der Waals surface area contributed by atoms with Gasteiger partial charge in [-0.2, -0.15) is 0 Å². The fourth-order valence-corrected chi connectivity index (χ4v) is 10.3. The average Bonchev–Trinajstić information content (AvgIpc) is 2.81. The molecule has 32 heavy (non-hydrogen) atoms. The van der Waals surface area contributed by atoms with Crippen molar-refractivity contribution in [3.63, 3.8) is 0 Å². The number of nitrogens with one attached hydrogen (secondary N) is 4. The van der Waals surface area contributed by atoms with Gasteiger partial charge in [0.25, 0.3) is 8.56 Å². The molecule has 0 unspecified atom stereocenters. The van der Waals surface area contributed by atoms with Gasteiger partial charge in [-0.15, -0.1) is 0 Å². The van der Waals surface area contributed by atoms with E-state index in [0.29, 0.717) is 0 Å². The van der Waals surface area contributed by atoms with Crippen molar-refractivity contribution in [2.45, 2.75) is 134 Å². The van der Waals surface area contributed by atoms with Crippen LogP contribution < -0.4 is 19.9 Å². The summed E-state index contributed by atoms with van der Waals surface area (Å²) in [5.74, 6) is 0. The first kappa shape index (κ1) is 28.4. The summed E-state index contributed by atoms with van der Waals surface area (Å²) >= 11 is 0. The Balaban J connectivity index is 0.000000344. The van der Waals surface area contributed by atoms with Crippen LogP contribution in [0.25, 0.3) is 0 Å². The van der Waals surface area contributed by atoms with E-state index in [1.165, 1.54) is 96.3 Å². The van der Waals surface area contributed by atoms with E-state index in [2.05, 4.69) is 26.5 Å². The highest BCUT2D eigenvalue weighted by atomic mass is 28.4. The summed E-state index contributed by atoms with van der Waals surface area (Å²) in [4.78, 5) is 15.6. The predicted octanol–water partition coefficient (Wildman–Crippen LogP) is 4.78. The minimum Gasteiger partial charge on any atom is -0.386 e. The first-order valence-corrected chi connectivity index (χ1v) is 18.4. The van der Waals surface area contributed by atoms with Crippen LogP contribution in [0.4, 0.5) is 0 Å². The highest BCUT2D eigenvalue weighted by molar-refractivity contribution is 6.71. The van der Waals surface area contributed by atoms with E-state index in [0.717, 1.165) is 24.7 Å². The molecule has 0 aromatic heterocycles. The highest BCUT2D eigenvalue weighted by Crippen LogP contribution is 2.23. The van der Waals surface area contributed by atoms with Crippen LogP contribution in [0.2, 0.25) is 13.1 Å². The second-order valence-electron chi connectivity index (χ2n) is 10.4. The average molecular weight is 487 g/mol. The molecule has 3 aliphatic carbocycles. The van der Waals surface area contributed by atoms with Crippen LogP contribution in [0.5, 0.6) is 0 Å². The lowest BCUT2D eigenvalue weighted by molar-refractivity contribution is 0.237. The first-order chi connectivity index (χ1) is 15.4. The zero-order chi connectivity index (χ0) is 23.3. The molecule has 0 atom stereocenters. The maximum absolute atomic E-state index is 5.13. The van der Waals surface area contributed by atoms with E-state index in [1.807, 2.05) is 13.5 Å². The highest BCUT2D eigenvalue weighted by Gasteiger charge is 2.36. The molecule has 4 N–H and O–H groups in total. The SMILES string of the molecule is CCN[Si](C)(OC)OC.C[Si](NC1CCCCC1)(NC1CCCCC1)NC1CCCCC1. The molecular formula is C24H54N4O2Si2. The summed E-state index contributed by atoms with van der Waals surface area (Å²) < 4.78 is 10.3. The van der Waals surface area contributed by atoms with Gasteiger partial charge in [0, 0.05) is 32.3 Å². The summed E-state index contributed by atoms with van der Waals surface area (Å²) in [6.45, 7) is 7.41. The predicted molar refractivity (Wildman–Crippen MR) is 141 cm³/mol. The Bertz CT molecular complexity index is 428. The number of hydrogen-bond donors (Lipinski definition) is 4. The molecule has 0 radical (unpaired) electrons. The third-order valence-electron chi connectivity index (χ3n) is 7.57. The number of hydrogen-bond acceptors (Lipinski definition) is 6. The molecule has 3 rings (SSSR count). The molecule has 0 aromatic rings. The van der Waals surface area contributed by atoms with Crippen LogP contribution in [-0.4, -0.2) is 56.2 Å². The van der Waals surface area contributed by atoms with E-state index in [9.17, 15) is 0 Å². The Labute approximate surface area is 201 Å². The molecule has 0 amide bonds. The van der Waals surface area contributed by atoms with Crippen molar-refractivity contribution in [1.82, 2.24) is 19.9 Å². The quantitative estimate of drug-likeness (QED) is 0.333. The normalized spacial score (nSPS) is 22.4. The van der Waals surface area contributed by atoms with Crippen molar-refractivity contribution in [2.75, 3.05) is 20.8 Å². The van der Waals surface area contributed by atoms with E-state index in [1.54, 1.807) is 14.2 Å². The molecular weight excluding hydrogens is 432 g/mol. The van der Waals surface area contributed by atoms with Crippen LogP contribution in [0.15, 0.2) is 0 Å². The maximum atomic E-state index is 5.13. The summed E-state index contributed by atoms with van der Waals surface area (Å²) in [7, 11) is -0.379. The molecule has 8 heteroatoms. The first-order valence-electron chi connectivity index (χ1n) is 13.6. The van der Waals surface area contributed by atoms with Crippen LogP contribution in [-0.2, 0) is 8.85 Å². The lowest BCUT2D eigenvalue weighted by atomic mass is 9.96. The Kier molecular flexibility index (Phi) is 13.5. The topological polar surface area (TPSA) is 66.6 Å². The lowest BCUT2D eigenvalue weighted by Gasteiger charge is -2.42. The van der Waals surface area contributed by atoms with Crippen molar-refractivity contribution >= 4 is 17.3 Å². The molecule has 0 saturated heterocycles. The molecule has 0 aromatic carbocycles. The summed E-state index contributed by atoms with van der Waals surface area (Å²) in [6.07, 6.45) is 21.2. The van der Waals surface area contributed by atoms with E-state index in [-0.39, 0.29) is 0 Å². The zero-order valence-corrected chi connectivity index (χ0v) is 23.9. The van der Waals surface area contributed by atoms with Crippen LogP contribution in [0, 0.1) is 0 Å². The lowest BCUT2D eigenvalue weighted by Crippen LogP contribution is -2.76. The standard InChI is InChI=1S/C19H39N3Si.C5H15NO2Si/c1-23(20-17-11-5-2-6-12-17,21-18-13-7-3-8-14-18)22-19-15-9-4-10-16-19;1-5-6-9(4,7-2)8-3/h17-22H,2-16H2,1H3;6H,5H2,1-4H3. The van der Waals surface area contributed by atoms with Gasteiger partial charge in [-0.1, -0.05) is 64.7 Å². The molecule has 3 saturated carbocycles. The van der Waals surface area contributed by atoms with Crippen molar-refractivity contribution < 1.29 is 8.85 Å². The largest absolute Gasteiger partial charge is 0.421 e. The monoisotopic (exact) mass is 486 g/mol.